The van der Waals surface area contributed by atoms with Gasteiger partial charge in [0.2, 0.25) is 5.91 Å². The number of β-lactam (4-membered cyclic amide) rings is 1. The molecule has 1 aromatic rings. The molecule has 2 heterocycles. The highest BCUT2D eigenvalue weighted by Crippen LogP contribution is 2.44. The van der Waals surface area contributed by atoms with E-state index in [1.54, 1.807) is 0 Å². The number of amides is 3. The van der Waals surface area contributed by atoms with Crippen LogP contribution in [0.3, 0.4) is 0 Å². The Balaban J connectivity index is 1.30. The second-order valence-electron chi connectivity index (χ2n) is 7.70. The molecule has 1 spiro atoms. The summed E-state index contributed by atoms with van der Waals surface area (Å²) in [5.41, 5.74) is 1.78. The normalized spacial score (nSPS) is 22.5. The molecule has 0 bridgehead atoms. The van der Waals surface area contributed by atoms with E-state index in [0.717, 1.165) is 43.1 Å². The summed E-state index contributed by atoms with van der Waals surface area (Å²) in [6, 6.07) is 7.76. The predicted octanol–water partition coefficient (Wildman–Crippen LogP) is 2.86. The number of hydrogen-bond donors (Lipinski definition) is 1. The molecule has 128 valence electrons. The van der Waals surface area contributed by atoms with Gasteiger partial charge in [-0.3, -0.25) is 4.79 Å². The van der Waals surface area contributed by atoms with Gasteiger partial charge in [0.15, 0.2) is 0 Å². The van der Waals surface area contributed by atoms with Crippen molar-refractivity contribution in [3.63, 3.8) is 0 Å². The summed E-state index contributed by atoms with van der Waals surface area (Å²) < 4.78 is 0. The molecule has 3 aliphatic rings. The number of piperidine rings is 1. The largest absolute Gasteiger partial charge is 0.341 e. The van der Waals surface area contributed by atoms with Crippen molar-refractivity contribution >= 4 is 17.6 Å². The monoisotopic (exact) mass is 327 g/mol. The van der Waals surface area contributed by atoms with E-state index >= 15 is 0 Å². The van der Waals surface area contributed by atoms with Crippen LogP contribution in [0.2, 0.25) is 0 Å². The van der Waals surface area contributed by atoms with Gasteiger partial charge in [-0.2, -0.15) is 0 Å². The maximum Gasteiger partial charge on any atom is 0.321 e. The van der Waals surface area contributed by atoms with Crippen LogP contribution in [0.4, 0.5) is 10.5 Å². The summed E-state index contributed by atoms with van der Waals surface area (Å²) in [4.78, 5) is 28.8. The Labute approximate surface area is 143 Å². The molecular weight excluding hydrogens is 302 g/mol. The summed E-state index contributed by atoms with van der Waals surface area (Å²) in [6.07, 6.45) is 4.16. The zero-order valence-corrected chi connectivity index (χ0v) is 14.3. The Hall–Kier alpha value is -2.04. The minimum Gasteiger partial charge on any atom is -0.341 e. The molecule has 4 rings (SSSR count). The van der Waals surface area contributed by atoms with Crippen LogP contribution in [0.1, 0.15) is 31.2 Å². The molecule has 1 aromatic carbocycles. The fraction of sp³-hybridized carbons (Fsp3) is 0.579. The highest BCUT2D eigenvalue weighted by Gasteiger charge is 2.53. The number of benzene rings is 1. The molecule has 0 atom stereocenters. The van der Waals surface area contributed by atoms with Crippen molar-refractivity contribution in [3.05, 3.63) is 29.8 Å². The average molecular weight is 327 g/mol. The lowest BCUT2D eigenvalue weighted by atomic mass is 9.71. The van der Waals surface area contributed by atoms with Gasteiger partial charge < -0.3 is 15.1 Å². The van der Waals surface area contributed by atoms with Crippen molar-refractivity contribution in [1.82, 2.24) is 9.80 Å². The van der Waals surface area contributed by atoms with E-state index in [0.29, 0.717) is 19.0 Å². The van der Waals surface area contributed by atoms with Crippen molar-refractivity contribution in [3.8, 4) is 0 Å². The van der Waals surface area contributed by atoms with E-state index in [1.165, 1.54) is 12.8 Å². The Morgan fingerprint density at radius 3 is 2.67 bits per heavy atom. The van der Waals surface area contributed by atoms with Gasteiger partial charge in [0.25, 0.3) is 0 Å². The van der Waals surface area contributed by atoms with Crippen LogP contribution in [-0.4, -0.2) is 47.9 Å². The van der Waals surface area contributed by atoms with Crippen LogP contribution in [0.25, 0.3) is 0 Å². The highest BCUT2D eigenvalue weighted by atomic mass is 16.2. The number of hydrogen-bond acceptors (Lipinski definition) is 2. The zero-order chi connectivity index (χ0) is 16.7. The molecule has 3 fully saturated rings. The molecule has 1 saturated carbocycles. The van der Waals surface area contributed by atoms with Crippen molar-refractivity contribution in [1.29, 1.82) is 0 Å². The lowest BCUT2D eigenvalue weighted by Crippen LogP contribution is -2.65. The van der Waals surface area contributed by atoms with Gasteiger partial charge in [0.05, 0.1) is 5.41 Å². The van der Waals surface area contributed by atoms with Gasteiger partial charge in [-0.05, 0) is 56.2 Å². The number of carbonyl (C=O) groups is 2. The Morgan fingerprint density at radius 1 is 1.29 bits per heavy atom. The first-order valence-electron chi connectivity index (χ1n) is 8.98. The van der Waals surface area contributed by atoms with Gasteiger partial charge in [0.1, 0.15) is 0 Å². The third-order valence-corrected chi connectivity index (χ3v) is 5.69. The number of nitrogens with zero attached hydrogens (tertiary/aromatic N) is 2. The highest BCUT2D eigenvalue weighted by molar-refractivity contribution is 5.91. The Kier molecular flexibility index (Phi) is 3.74. The lowest BCUT2D eigenvalue weighted by molar-refractivity contribution is -0.165. The predicted molar refractivity (Wildman–Crippen MR) is 92.7 cm³/mol. The topological polar surface area (TPSA) is 52.7 Å². The summed E-state index contributed by atoms with van der Waals surface area (Å²) in [5.74, 6) is 1.08. The Morgan fingerprint density at radius 2 is 2.04 bits per heavy atom. The molecule has 1 N–H and O–H groups in total. The van der Waals surface area contributed by atoms with Crippen LogP contribution < -0.4 is 5.32 Å². The first-order valence-corrected chi connectivity index (χ1v) is 8.98. The van der Waals surface area contributed by atoms with Crippen LogP contribution in [0.5, 0.6) is 0 Å². The third kappa shape index (κ3) is 2.87. The molecular formula is C19H25N3O2. The van der Waals surface area contributed by atoms with Gasteiger partial charge in [-0.15, -0.1) is 0 Å². The zero-order valence-electron chi connectivity index (χ0n) is 14.3. The molecule has 1 aliphatic carbocycles. The number of nitrogens with one attached hydrogen (secondary N) is 1. The first-order chi connectivity index (χ1) is 11.6. The van der Waals surface area contributed by atoms with Crippen LogP contribution >= 0.6 is 0 Å². The first kappa shape index (κ1) is 15.5. The van der Waals surface area contributed by atoms with E-state index in [4.69, 9.17) is 0 Å². The smallest absolute Gasteiger partial charge is 0.321 e. The molecule has 5 heteroatoms. The Bertz CT molecular complexity index is 660. The number of carbonyl (C=O) groups excluding carboxylic acids is 2. The summed E-state index contributed by atoms with van der Waals surface area (Å²) in [5, 5.41) is 2.96. The van der Waals surface area contributed by atoms with Gasteiger partial charge in [-0.25, -0.2) is 4.79 Å². The van der Waals surface area contributed by atoms with Crippen LogP contribution in [0.15, 0.2) is 24.3 Å². The molecule has 3 amide bonds. The fourth-order valence-electron chi connectivity index (χ4n) is 3.94. The molecule has 0 radical (unpaired) electrons. The van der Waals surface area contributed by atoms with E-state index in [2.05, 4.69) is 5.32 Å². The number of anilines is 1. The van der Waals surface area contributed by atoms with Crippen LogP contribution in [-0.2, 0) is 4.79 Å². The second-order valence-corrected chi connectivity index (χ2v) is 7.70. The number of aryl methyl sites for hydroxylation is 1. The van der Waals surface area contributed by atoms with Gasteiger partial charge in [-0.1, -0.05) is 12.1 Å². The van der Waals surface area contributed by atoms with Crippen molar-refractivity contribution < 1.29 is 9.59 Å². The lowest BCUT2D eigenvalue weighted by Gasteiger charge is -2.52. The standard InChI is InChI=1S/C19H25N3O2/c1-14-3-2-4-16(11-14)20-18(24)21-9-7-19(8-10-21)13-22(17(19)23)12-15-5-6-15/h2-4,11,15H,5-10,12-13H2,1H3,(H,20,24). The summed E-state index contributed by atoms with van der Waals surface area (Å²) in [7, 11) is 0. The van der Waals surface area contributed by atoms with E-state index in [-0.39, 0.29) is 11.4 Å². The summed E-state index contributed by atoms with van der Waals surface area (Å²) >= 11 is 0. The van der Waals surface area contributed by atoms with Crippen LogP contribution in [0, 0.1) is 18.3 Å². The number of rotatable bonds is 3. The van der Waals surface area contributed by atoms with Gasteiger partial charge in [0, 0.05) is 31.9 Å². The van der Waals surface area contributed by atoms with Crippen molar-refractivity contribution in [2.45, 2.75) is 32.6 Å². The van der Waals surface area contributed by atoms with E-state index < -0.39 is 0 Å². The third-order valence-electron chi connectivity index (χ3n) is 5.69. The average Bonchev–Trinajstić information content (AvgIpc) is 3.39. The second kappa shape index (κ2) is 5.80. The maximum absolute atomic E-state index is 12.5. The van der Waals surface area contributed by atoms with E-state index in [1.807, 2.05) is 41.0 Å². The molecule has 0 unspecified atom stereocenters. The number of likely N-dealkylation sites (tertiary alicyclic amines) is 2. The molecule has 0 aromatic heterocycles. The molecule has 2 saturated heterocycles. The fourth-order valence-corrected chi connectivity index (χ4v) is 3.94. The quantitative estimate of drug-likeness (QED) is 0.868. The SMILES string of the molecule is Cc1cccc(NC(=O)N2CCC3(CC2)CN(CC2CC2)C3=O)c1. The van der Waals surface area contributed by atoms with Crippen molar-refractivity contribution in [2.75, 3.05) is 31.5 Å². The molecule has 5 nitrogen and oxygen atoms in total. The van der Waals surface area contributed by atoms with Gasteiger partial charge >= 0.3 is 6.03 Å². The molecule has 24 heavy (non-hydrogen) atoms. The molecule has 2 aliphatic heterocycles. The van der Waals surface area contributed by atoms with E-state index in [9.17, 15) is 9.59 Å². The summed E-state index contributed by atoms with van der Waals surface area (Å²) in [6.45, 7) is 5.20. The minimum atomic E-state index is -0.172. The maximum atomic E-state index is 12.5. The number of urea groups is 1. The minimum absolute atomic E-state index is 0.0583. The van der Waals surface area contributed by atoms with Crippen molar-refractivity contribution in [2.24, 2.45) is 11.3 Å².